The van der Waals surface area contributed by atoms with Crippen LogP contribution in [0.4, 0.5) is 0 Å². The van der Waals surface area contributed by atoms with E-state index in [0.717, 1.165) is 0 Å². The van der Waals surface area contributed by atoms with Crippen molar-refractivity contribution in [2.45, 2.75) is 20.0 Å². The van der Waals surface area contributed by atoms with Gasteiger partial charge in [-0.3, -0.25) is 4.79 Å². The molecule has 1 aliphatic heterocycles. The second-order valence-corrected chi connectivity index (χ2v) is 4.18. The van der Waals surface area contributed by atoms with Gasteiger partial charge in [0.1, 0.15) is 5.88 Å². The molecular formula is C8H14ClNO2. The minimum atomic E-state index is -0.426. The highest BCUT2D eigenvalue weighted by Crippen LogP contribution is 2.29. The Morgan fingerprint density at radius 2 is 2.33 bits per heavy atom. The van der Waals surface area contributed by atoms with Crippen molar-refractivity contribution in [3.05, 3.63) is 0 Å². The monoisotopic (exact) mass is 191 g/mol. The molecule has 0 spiro atoms. The van der Waals surface area contributed by atoms with E-state index in [1.807, 2.05) is 13.8 Å². The molecule has 4 heteroatoms. The number of hydrogen-bond donors (Lipinski definition) is 1. The smallest absolute Gasteiger partial charge is 0.237 e. The summed E-state index contributed by atoms with van der Waals surface area (Å²) in [6.45, 7) is 4.90. The van der Waals surface area contributed by atoms with Crippen molar-refractivity contribution < 1.29 is 9.90 Å². The lowest BCUT2D eigenvalue weighted by Crippen LogP contribution is -2.30. The fourth-order valence-electron chi connectivity index (χ4n) is 1.39. The molecule has 0 bridgehead atoms. The Labute approximate surface area is 77.3 Å². The summed E-state index contributed by atoms with van der Waals surface area (Å²) < 4.78 is 0. The summed E-state index contributed by atoms with van der Waals surface area (Å²) in [4.78, 5) is 12.7. The average Bonchev–Trinajstić information content (AvgIpc) is 2.25. The van der Waals surface area contributed by atoms with E-state index >= 15 is 0 Å². The van der Waals surface area contributed by atoms with Crippen LogP contribution < -0.4 is 0 Å². The Morgan fingerprint density at radius 1 is 1.75 bits per heavy atom. The third-order valence-corrected chi connectivity index (χ3v) is 2.59. The van der Waals surface area contributed by atoms with Crippen molar-refractivity contribution in [3.8, 4) is 0 Å². The molecule has 1 fully saturated rings. The molecule has 3 nitrogen and oxygen atoms in total. The van der Waals surface area contributed by atoms with E-state index in [1.165, 1.54) is 0 Å². The van der Waals surface area contributed by atoms with Crippen LogP contribution in [0.15, 0.2) is 0 Å². The number of aliphatic hydroxyl groups is 1. The summed E-state index contributed by atoms with van der Waals surface area (Å²) in [5.74, 6) is -0.0932. The van der Waals surface area contributed by atoms with Gasteiger partial charge in [0.15, 0.2) is 0 Å². The van der Waals surface area contributed by atoms with Crippen LogP contribution in [0.3, 0.4) is 0 Å². The fraction of sp³-hybridized carbons (Fsp3) is 0.875. The standard InChI is InChI=1S/C8H14ClNO2/c1-8(2)5-10(4-6(8)11)7(12)3-9/h6,11H,3-5H2,1-2H3. The molecule has 1 aliphatic rings. The topological polar surface area (TPSA) is 40.5 Å². The average molecular weight is 192 g/mol. The molecule has 1 rings (SSSR count). The summed E-state index contributed by atoms with van der Waals surface area (Å²) >= 11 is 5.40. The van der Waals surface area contributed by atoms with E-state index < -0.39 is 6.10 Å². The molecule has 1 N–H and O–H groups in total. The molecule has 0 aromatic heterocycles. The quantitative estimate of drug-likeness (QED) is 0.612. The van der Waals surface area contributed by atoms with Crippen LogP contribution in [0.1, 0.15) is 13.8 Å². The number of β-amino-alcohol motifs (C(OH)–C–C–N with tert-alkyl or cyclic N) is 1. The summed E-state index contributed by atoms with van der Waals surface area (Å²) in [7, 11) is 0. The van der Waals surface area contributed by atoms with Gasteiger partial charge in [0.25, 0.3) is 0 Å². The number of amides is 1. The van der Waals surface area contributed by atoms with Crippen LogP contribution in [0.25, 0.3) is 0 Å². The number of likely N-dealkylation sites (tertiary alicyclic amines) is 1. The molecule has 0 aromatic rings. The van der Waals surface area contributed by atoms with Crippen molar-refractivity contribution in [1.82, 2.24) is 4.90 Å². The van der Waals surface area contributed by atoms with E-state index in [4.69, 9.17) is 11.6 Å². The van der Waals surface area contributed by atoms with Gasteiger partial charge in [-0.05, 0) is 0 Å². The van der Waals surface area contributed by atoms with Gasteiger partial charge in [-0.15, -0.1) is 11.6 Å². The van der Waals surface area contributed by atoms with Crippen LogP contribution in [0.5, 0.6) is 0 Å². The van der Waals surface area contributed by atoms with Gasteiger partial charge in [-0.2, -0.15) is 0 Å². The highest BCUT2D eigenvalue weighted by atomic mass is 35.5. The highest BCUT2D eigenvalue weighted by Gasteiger charge is 2.39. The van der Waals surface area contributed by atoms with E-state index in [1.54, 1.807) is 4.90 Å². The zero-order chi connectivity index (χ0) is 9.35. The van der Waals surface area contributed by atoms with Crippen LogP contribution in [0, 0.1) is 5.41 Å². The Balaban J connectivity index is 2.60. The van der Waals surface area contributed by atoms with Gasteiger partial charge in [-0.25, -0.2) is 0 Å². The molecule has 1 unspecified atom stereocenters. The minimum absolute atomic E-state index is 0.00278. The number of carbonyl (C=O) groups excluding carboxylic acids is 1. The van der Waals surface area contributed by atoms with Crippen molar-refractivity contribution in [2.75, 3.05) is 19.0 Å². The van der Waals surface area contributed by atoms with Gasteiger partial charge in [0.2, 0.25) is 5.91 Å². The van der Waals surface area contributed by atoms with Crippen molar-refractivity contribution >= 4 is 17.5 Å². The fourth-order valence-corrected chi connectivity index (χ4v) is 1.56. The number of nitrogens with zero attached hydrogens (tertiary/aromatic N) is 1. The summed E-state index contributed by atoms with van der Waals surface area (Å²) in [6.07, 6.45) is -0.426. The van der Waals surface area contributed by atoms with Crippen LogP contribution in [-0.4, -0.2) is 41.0 Å². The third kappa shape index (κ3) is 1.72. The Kier molecular flexibility index (Phi) is 2.64. The minimum Gasteiger partial charge on any atom is -0.391 e. The van der Waals surface area contributed by atoms with E-state index in [-0.39, 0.29) is 17.2 Å². The van der Waals surface area contributed by atoms with Gasteiger partial charge >= 0.3 is 0 Å². The second-order valence-electron chi connectivity index (χ2n) is 3.91. The maximum Gasteiger partial charge on any atom is 0.237 e. The predicted molar refractivity (Wildman–Crippen MR) is 47.1 cm³/mol. The third-order valence-electron chi connectivity index (χ3n) is 2.36. The first-order chi connectivity index (χ1) is 5.47. The van der Waals surface area contributed by atoms with Gasteiger partial charge in [0.05, 0.1) is 6.10 Å². The molecule has 0 aliphatic carbocycles. The first-order valence-electron chi connectivity index (χ1n) is 3.99. The lowest BCUT2D eigenvalue weighted by atomic mass is 9.90. The SMILES string of the molecule is CC1(C)CN(C(=O)CCl)CC1O. The highest BCUT2D eigenvalue weighted by molar-refractivity contribution is 6.27. The summed E-state index contributed by atoms with van der Waals surface area (Å²) in [5.41, 5.74) is -0.193. The molecule has 1 amide bonds. The van der Waals surface area contributed by atoms with Crippen molar-refractivity contribution in [3.63, 3.8) is 0 Å². The molecule has 12 heavy (non-hydrogen) atoms. The molecule has 1 heterocycles. The Morgan fingerprint density at radius 3 is 2.67 bits per heavy atom. The molecule has 1 atom stereocenters. The number of halogens is 1. The number of hydrogen-bond acceptors (Lipinski definition) is 2. The van der Waals surface area contributed by atoms with E-state index in [0.29, 0.717) is 13.1 Å². The lowest BCUT2D eigenvalue weighted by molar-refractivity contribution is -0.127. The van der Waals surface area contributed by atoms with Crippen LogP contribution in [-0.2, 0) is 4.79 Å². The number of aliphatic hydroxyl groups excluding tert-OH is 1. The zero-order valence-corrected chi connectivity index (χ0v) is 8.14. The summed E-state index contributed by atoms with van der Waals surface area (Å²) in [6, 6.07) is 0. The first-order valence-corrected chi connectivity index (χ1v) is 4.52. The zero-order valence-electron chi connectivity index (χ0n) is 7.38. The normalized spacial score (nSPS) is 27.7. The molecule has 0 radical (unpaired) electrons. The number of carbonyl (C=O) groups is 1. The Hall–Kier alpha value is -0.280. The Bertz CT molecular complexity index is 193. The number of rotatable bonds is 1. The first kappa shape index (κ1) is 9.81. The molecule has 70 valence electrons. The van der Waals surface area contributed by atoms with Crippen LogP contribution in [0.2, 0.25) is 0 Å². The maximum atomic E-state index is 11.1. The lowest BCUT2D eigenvalue weighted by Gasteiger charge is -2.20. The van der Waals surface area contributed by atoms with Gasteiger partial charge < -0.3 is 10.0 Å². The van der Waals surface area contributed by atoms with Crippen molar-refractivity contribution in [2.24, 2.45) is 5.41 Å². The maximum absolute atomic E-state index is 11.1. The van der Waals surface area contributed by atoms with Gasteiger partial charge in [0, 0.05) is 18.5 Å². The molecule has 1 saturated heterocycles. The molecule has 0 aromatic carbocycles. The summed E-state index contributed by atoms with van der Waals surface area (Å²) in [5, 5.41) is 9.53. The van der Waals surface area contributed by atoms with Gasteiger partial charge in [-0.1, -0.05) is 13.8 Å². The second kappa shape index (κ2) is 3.23. The van der Waals surface area contributed by atoms with E-state index in [2.05, 4.69) is 0 Å². The van der Waals surface area contributed by atoms with Crippen LogP contribution >= 0.6 is 11.6 Å². The van der Waals surface area contributed by atoms with E-state index in [9.17, 15) is 9.90 Å². The molecule has 0 saturated carbocycles. The predicted octanol–water partition coefficient (Wildman–Crippen LogP) is 0.454. The number of alkyl halides is 1. The van der Waals surface area contributed by atoms with Crippen molar-refractivity contribution in [1.29, 1.82) is 0 Å². The largest absolute Gasteiger partial charge is 0.391 e. The molecular weight excluding hydrogens is 178 g/mol.